The summed E-state index contributed by atoms with van der Waals surface area (Å²) in [6, 6.07) is -0.231. The summed E-state index contributed by atoms with van der Waals surface area (Å²) in [6.07, 6.45) is 5.39. The third-order valence-corrected chi connectivity index (χ3v) is 3.32. The molecule has 3 atom stereocenters. The number of hydrogen-bond acceptors (Lipinski definition) is 6. The molecule has 4 radical (unpaired) electrons. The Kier molecular flexibility index (Phi) is 4.82. The van der Waals surface area contributed by atoms with Gasteiger partial charge in [0, 0.05) is 26.3 Å². The van der Waals surface area contributed by atoms with Gasteiger partial charge in [-0.1, -0.05) is 11.8 Å². The molecular weight excluding hydrogens is 259 g/mol. The molecule has 0 aliphatic carbocycles. The van der Waals surface area contributed by atoms with E-state index in [0.29, 0.717) is 5.17 Å². The number of nitrogens with zero attached hydrogens (tertiary/aromatic N) is 1. The molecular formula is C11H13FN2O3S. The van der Waals surface area contributed by atoms with E-state index in [2.05, 4.69) is 23.2 Å². The van der Waals surface area contributed by atoms with Crippen LogP contribution in [0.5, 0.6) is 0 Å². The molecule has 7 heteroatoms. The van der Waals surface area contributed by atoms with Crippen molar-refractivity contribution in [2.24, 2.45) is 4.99 Å². The van der Waals surface area contributed by atoms with Gasteiger partial charge >= 0.3 is 5.97 Å². The van der Waals surface area contributed by atoms with E-state index in [1.807, 2.05) is 0 Å². The van der Waals surface area contributed by atoms with Crippen LogP contribution in [-0.4, -0.2) is 48.5 Å². The smallest absolute Gasteiger partial charge is 0.302 e. The summed E-state index contributed by atoms with van der Waals surface area (Å²) in [5.41, 5.74) is -0.214. The Morgan fingerprint density at radius 3 is 3.22 bits per heavy atom. The van der Waals surface area contributed by atoms with Gasteiger partial charge in [0.2, 0.25) is 0 Å². The highest BCUT2D eigenvalue weighted by Gasteiger charge is 2.38. The first-order valence-electron chi connectivity index (χ1n) is 5.53. The number of aliphatic imine (C=N–C) groups is 1. The summed E-state index contributed by atoms with van der Waals surface area (Å²) in [5.74, 6) is -0.358. The number of esters is 1. The third-order valence-electron chi connectivity index (χ3n) is 2.24. The summed E-state index contributed by atoms with van der Waals surface area (Å²) in [4.78, 5) is 15.0. The van der Waals surface area contributed by atoms with Gasteiger partial charge in [0.15, 0.2) is 5.17 Å². The van der Waals surface area contributed by atoms with Crippen LogP contribution in [0.25, 0.3) is 0 Å². The van der Waals surface area contributed by atoms with Gasteiger partial charge in [0.25, 0.3) is 0 Å². The fourth-order valence-electron chi connectivity index (χ4n) is 1.48. The van der Waals surface area contributed by atoms with E-state index >= 15 is 0 Å². The van der Waals surface area contributed by atoms with Gasteiger partial charge in [-0.05, 0) is 0 Å². The second kappa shape index (κ2) is 6.38. The van der Waals surface area contributed by atoms with Crippen LogP contribution in [0.3, 0.4) is 0 Å². The maximum Gasteiger partial charge on any atom is 0.302 e. The number of fused-ring (bicyclic) bond motifs is 1. The molecule has 0 aromatic carbocycles. The molecule has 1 N–H and O–H groups in total. The van der Waals surface area contributed by atoms with E-state index in [4.69, 9.17) is 9.47 Å². The van der Waals surface area contributed by atoms with Crippen molar-refractivity contribution >= 4 is 22.9 Å². The maximum absolute atomic E-state index is 12.0. The van der Waals surface area contributed by atoms with E-state index < -0.39 is 12.8 Å². The number of ether oxygens (including phenoxy) is 2. The summed E-state index contributed by atoms with van der Waals surface area (Å²) in [7, 11) is 0. The van der Waals surface area contributed by atoms with Crippen molar-refractivity contribution < 1.29 is 18.7 Å². The van der Waals surface area contributed by atoms with Crippen molar-refractivity contribution in [3.63, 3.8) is 0 Å². The first-order valence-corrected chi connectivity index (χ1v) is 6.41. The molecule has 1 saturated heterocycles. The number of rotatable bonds is 4. The maximum atomic E-state index is 12.0. The van der Waals surface area contributed by atoms with E-state index in [1.54, 1.807) is 0 Å². The van der Waals surface area contributed by atoms with E-state index in [1.165, 1.54) is 18.7 Å². The summed E-state index contributed by atoms with van der Waals surface area (Å²) < 4.78 is 22.5. The second-order valence-electron chi connectivity index (χ2n) is 3.70. The van der Waals surface area contributed by atoms with E-state index in [-0.39, 0.29) is 30.6 Å². The number of thioether (sulfide) groups is 1. The van der Waals surface area contributed by atoms with Crippen LogP contribution in [-0.2, 0) is 14.3 Å². The van der Waals surface area contributed by atoms with Crippen molar-refractivity contribution in [2.75, 3.05) is 19.8 Å². The van der Waals surface area contributed by atoms with Crippen molar-refractivity contribution in [3.8, 4) is 0 Å². The van der Waals surface area contributed by atoms with Crippen LogP contribution in [0, 0.1) is 12.8 Å². The fraction of sp³-hybridized carbons (Fsp3) is 0.636. The van der Waals surface area contributed by atoms with Crippen LogP contribution in [0.15, 0.2) is 4.99 Å². The molecule has 0 aromatic rings. The number of amidine groups is 1. The number of hydrogen-bond donors (Lipinski definition) is 1. The van der Waals surface area contributed by atoms with Gasteiger partial charge in [-0.2, -0.15) is 0 Å². The highest BCUT2D eigenvalue weighted by molar-refractivity contribution is 8.14. The van der Waals surface area contributed by atoms with E-state index in [0.717, 1.165) is 0 Å². The molecule has 0 aromatic heterocycles. The summed E-state index contributed by atoms with van der Waals surface area (Å²) in [5, 5.41) is 3.50. The highest BCUT2D eigenvalue weighted by atomic mass is 32.2. The van der Waals surface area contributed by atoms with Crippen LogP contribution < -0.4 is 5.32 Å². The lowest BCUT2D eigenvalue weighted by molar-refractivity contribution is -0.145. The zero-order valence-corrected chi connectivity index (χ0v) is 10.6. The zero-order chi connectivity index (χ0) is 13.0. The first kappa shape index (κ1) is 13.6. The molecule has 0 spiro atoms. The quantitative estimate of drug-likeness (QED) is 0.754. The number of alkyl halides is 1. The van der Waals surface area contributed by atoms with Crippen molar-refractivity contribution in [1.29, 1.82) is 0 Å². The standard InChI is InChI=1S/C11H13FN2O3S/c1-7(15)16-6-8-2-3-9-10(17-8)18-11(14-9)13-5-4-12/h8-10H,4-6H2,1H3,(H,13,14)/t8-,9-,10-/m1/s1. The Bertz CT molecular complexity index is 340. The molecule has 18 heavy (non-hydrogen) atoms. The minimum Gasteiger partial charge on any atom is -0.463 e. The largest absolute Gasteiger partial charge is 0.463 e. The molecule has 2 aliphatic rings. The topological polar surface area (TPSA) is 59.9 Å². The molecule has 0 saturated carbocycles. The first-order chi connectivity index (χ1) is 8.69. The Morgan fingerprint density at radius 2 is 2.50 bits per heavy atom. The normalized spacial score (nSPS) is 30.6. The van der Waals surface area contributed by atoms with Crippen LogP contribution in [0.4, 0.5) is 4.39 Å². The van der Waals surface area contributed by atoms with Gasteiger partial charge in [-0.3, -0.25) is 9.79 Å². The van der Waals surface area contributed by atoms with E-state index in [9.17, 15) is 9.18 Å². The van der Waals surface area contributed by atoms with Crippen molar-refractivity contribution in [2.45, 2.75) is 24.5 Å². The number of carbonyl (C=O) groups excluding carboxylic acids is 1. The summed E-state index contributed by atoms with van der Waals surface area (Å²) >= 11 is 1.38. The molecule has 1 fully saturated rings. The lowest BCUT2D eigenvalue weighted by Gasteiger charge is -2.28. The molecule has 2 rings (SSSR count). The lowest BCUT2D eigenvalue weighted by Crippen LogP contribution is -2.37. The van der Waals surface area contributed by atoms with Gasteiger partial charge in [0.05, 0.1) is 6.04 Å². The van der Waals surface area contributed by atoms with Crippen molar-refractivity contribution in [1.82, 2.24) is 5.32 Å². The van der Waals surface area contributed by atoms with Crippen LogP contribution in [0.2, 0.25) is 0 Å². The minimum absolute atomic E-state index is 0.124. The molecule has 5 nitrogen and oxygen atoms in total. The van der Waals surface area contributed by atoms with Gasteiger partial charge in [-0.25, -0.2) is 4.39 Å². The number of halogens is 1. The van der Waals surface area contributed by atoms with Crippen LogP contribution >= 0.6 is 11.8 Å². The Morgan fingerprint density at radius 1 is 1.67 bits per heavy atom. The number of nitrogens with one attached hydrogen (secondary N) is 1. The van der Waals surface area contributed by atoms with Crippen molar-refractivity contribution in [3.05, 3.63) is 12.8 Å². The average molecular weight is 272 g/mol. The van der Waals surface area contributed by atoms with Crippen LogP contribution in [0.1, 0.15) is 6.92 Å². The third kappa shape index (κ3) is 3.58. The monoisotopic (exact) mass is 272 g/mol. The Hall–Kier alpha value is -0.820. The molecule has 98 valence electrons. The predicted octanol–water partition coefficient (Wildman–Crippen LogP) is 0.467. The second-order valence-corrected chi connectivity index (χ2v) is 4.78. The van der Waals surface area contributed by atoms with Gasteiger partial charge in [0.1, 0.15) is 24.8 Å². The Balaban J connectivity index is 1.77. The molecule has 0 unspecified atom stereocenters. The fourth-order valence-corrected chi connectivity index (χ4v) is 2.51. The van der Waals surface area contributed by atoms with Gasteiger partial charge in [-0.15, -0.1) is 0 Å². The highest BCUT2D eigenvalue weighted by Crippen LogP contribution is 2.34. The van der Waals surface area contributed by atoms with Gasteiger partial charge < -0.3 is 14.8 Å². The molecule has 2 heterocycles. The minimum atomic E-state index is -0.448. The number of carbonyl (C=O) groups is 1. The average Bonchev–Trinajstić information content (AvgIpc) is 2.75. The molecule has 0 bridgehead atoms. The lowest BCUT2D eigenvalue weighted by atomic mass is 10.1. The zero-order valence-electron chi connectivity index (χ0n) is 9.81. The molecule has 0 amide bonds. The predicted molar refractivity (Wildman–Crippen MR) is 64.6 cm³/mol. The Labute approximate surface area is 109 Å². The SMILES string of the molecule is CC(=O)OC[C@H]1[C][C][C@H]2N=C(NCCF)S[C@H]2O1. The summed E-state index contributed by atoms with van der Waals surface area (Å²) in [6.45, 7) is 1.25. The molecule has 2 aliphatic heterocycles.